The number of allylic oxidation sites excluding steroid dienone is 1. The Balaban J connectivity index is 1.65. The minimum Gasteiger partial charge on any atom is -0.192 e. The molecule has 0 spiro atoms. The molecule has 0 bridgehead atoms. The predicted octanol–water partition coefficient (Wildman–Crippen LogP) is 5.19. The maximum Gasteiger partial charge on any atom is 0.212 e. The summed E-state index contributed by atoms with van der Waals surface area (Å²) in [5.41, 5.74) is 2.37. The molecular formula is C19H17BrN4S. The summed E-state index contributed by atoms with van der Waals surface area (Å²) in [6, 6.07) is 18.4. The molecule has 0 saturated carbocycles. The van der Waals surface area contributed by atoms with Gasteiger partial charge in [0.2, 0.25) is 5.16 Å². The van der Waals surface area contributed by atoms with Gasteiger partial charge in [-0.25, -0.2) is 0 Å². The smallest absolute Gasteiger partial charge is 0.192 e. The van der Waals surface area contributed by atoms with E-state index in [1.807, 2.05) is 61.5 Å². The van der Waals surface area contributed by atoms with Gasteiger partial charge in [-0.1, -0.05) is 76.2 Å². The molecule has 6 heteroatoms. The summed E-state index contributed by atoms with van der Waals surface area (Å²) in [4.78, 5) is 0. The lowest BCUT2D eigenvalue weighted by molar-refractivity contribution is 0.744. The lowest BCUT2D eigenvalue weighted by atomic mass is 10.2. The lowest BCUT2D eigenvalue weighted by Gasteiger charge is -2.02. The van der Waals surface area contributed by atoms with Crippen molar-refractivity contribution in [2.75, 3.05) is 0 Å². The molecule has 1 aromatic heterocycles. The number of aromatic nitrogens is 3. The first-order chi connectivity index (χ1) is 12.2. The summed E-state index contributed by atoms with van der Waals surface area (Å²) in [6.45, 7) is 1.90. The first-order valence-electron chi connectivity index (χ1n) is 7.78. The van der Waals surface area contributed by atoms with E-state index in [9.17, 15) is 0 Å². The van der Waals surface area contributed by atoms with Crippen molar-refractivity contribution in [1.82, 2.24) is 14.9 Å². The number of hydrogen-bond acceptors (Lipinski definition) is 4. The van der Waals surface area contributed by atoms with Gasteiger partial charge in [0, 0.05) is 16.4 Å². The Hall–Kier alpha value is -2.18. The number of halogens is 1. The zero-order valence-corrected chi connectivity index (χ0v) is 16.1. The molecule has 0 N–H and O–H groups in total. The Morgan fingerprint density at radius 2 is 1.84 bits per heavy atom. The van der Waals surface area contributed by atoms with Gasteiger partial charge in [0.05, 0.1) is 0 Å². The van der Waals surface area contributed by atoms with Crippen molar-refractivity contribution in [3.05, 3.63) is 82.1 Å². The fourth-order valence-electron chi connectivity index (χ4n) is 2.11. The molecular weight excluding hydrogens is 396 g/mol. The van der Waals surface area contributed by atoms with E-state index in [1.165, 1.54) is 5.56 Å². The van der Waals surface area contributed by atoms with E-state index in [-0.39, 0.29) is 0 Å². The van der Waals surface area contributed by atoms with Gasteiger partial charge < -0.3 is 0 Å². The summed E-state index contributed by atoms with van der Waals surface area (Å²) in [5, 5.41) is 13.6. The van der Waals surface area contributed by atoms with E-state index in [1.54, 1.807) is 22.7 Å². The van der Waals surface area contributed by atoms with Crippen LogP contribution in [0.4, 0.5) is 0 Å². The van der Waals surface area contributed by atoms with Crippen molar-refractivity contribution in [2.45, 2.75) is 17.8 Å². The van der Waals surface area contributed by atoms with Gasteiger partial charge >= 0.3 is 0 Å². The van der Waals surface area contributed by atoms with Crippen LogP contribution in [0.15, 0.2) is 75.4 Å². The van der Waals surface area contributed by atoms with Crippen molar-refractivity contribution in [2.24, 2.45) is 5.10 Å². The molecule has 126 valence electrons. The molecule has 0 fully saturated rings. The normalized spacial score (nSPS) is 11.6. The zero-order valence-electron chi connectivity index (χ0n) is 13.7. The number of benzene rings is 2. The molecule has 0 radical (unpaired) electrons. The second kappa shape index (κ2) is 8.78. The monoisotopic (exact) mass is 412 g/mol. The number of hydrogen-bond donors (Lipinski definition) is 0. The van der Waals surface area contributed by atoms with Gasteiger partial charge in [-0.2, -0.15) is 9.78 Å². The fourth-order valence-corrected chi connectivity index (χ4v) is 3.27. The molecule has 0 aliphatic heterocycles. The molecule has 0 unspecified atom stereocenters. The zero-order chi connectivity index (χ0) is 17.5. The summed E-state index contributed by atoms with van der Waals surface area (Å²) in [6.07, 6.45) is 5.68. The van der Waals surface area contributed by atoms with Crippen LogP contribution in [0, 0.1) is 6.92 Å². The highest BCUT2D eigenvalue weighted by Gasteiger charge is 2.08. The third-order valence-corrected chi connectivity index (χ3v) is 4.92. The minimum absolute atomic E-state index is 0.766. The van der Waals surface area contributed by atoms with Crippen LogP contribution in [0.1, 0.15) is 17.0 Å². The Labute approximate surface area is 159 Å². The second-order valence-corrected chi connectivity index (χ2v) is 7.15. The van der Waals surface area contributed by atoms with Gasteiger partial charge in [0.25, 0.3) is 0 Å². The molecule has 4 nitrogen and oxygen atoms in total. The van der Waals surface area contributed by atoms with Gasteiger partial charge in [0.1, 0.15) is 0 Å². The summed E-state index contributed by atoms with van der Waals surface area (Å²) in [5.74, 6) is 1.59. The van der Waals surface area contributed by atoms with Crippen molar-refractivity contribution >= 4 is 40.0 Å². The average Bonchev–Trinajstić information content (AvgIpc) is 2.99. The van der Waals surface area contributed by atoms with Crippen molar-refractivity contribution in [3.63, 3.8) is 0 Å². The molecule has 3 rings (SSSR count). The van der Waals surface area contributed by atoms with E-state index < -0.39 is 0 Å². The third-order valence-electron chi connectivity index (χ3n) is 3.41. The maximum absolute atomic E-state index is 4.46. The van der Waals surface area contributed by atoms with Crippen LogP contribution in [0.3, 0.4) is 0 Å². The summed E-state index contributed by atoms with van der Waals surface area (Å²) >= 11 is 5.07. The summed E-state index contributed by atoms with van der Waals surface area (Å²) in [7, 11) is 0. The fraction of sp³-hybridized carbons (Fsp3) is 0.105. The standard InChI is InChI=1S/C19H17BrN4S/c1-15-22-23-19(25-14-17-9-11-18(20)12-10-17)24(15)21-13-5-8-16-6-3-2-4-7-16/h2-13H,14H2,1H3/b8-5-,21-13+. The highest BCUT2D eigenvalue weighted by atomic mass is 79.9. The van der Waals surface area contributed by atoms with Crippen molar-refractivity contribution in [1.29, 1.82) is 0 Å². The Morgan fingerprint density at radius 3 is 2.60 bits per heavy atom. The predicted molar refractivity (Wildman–Crippen MR) is 108 cm³/mol. The molecule has 0 saturated heterocycles. The molecule has 3 aromatic rings. The Bertz CT molecular complexity index is 870. The van der Waals surface area contributed by atoms with Crippen LogP contribution >= 0.6 is 27.7 Å². The molecule has 25 heavy (non-hydrogen) atoms. The van der Waals surface area contributed by atoms with E-state index >= 15 is 0 Å². The van der Waals surface area contributed by atoms with Crippen LogP contribution in [0.25, 0.3) is 6.08 Å². The molecule has 0 amide bonds. The van der Waals surface area contributed by atoms with Crippen LogP contribution in [-0.2, 0) is 5.75 Å². The highest BCUT2D eigenvalue weighted by Crippen LogP contribution is 2.22. The van der Waals surface area contributed by atoms with E-state index in [4.69, 9.17) is 0 Å². The third kappa shape index (κ3) is 5.14. The quantitative estimate of drug-likeness (QED) is 0.413. The van der Waals surface area contributed by atoms with Crippen LogP contribution in [0.2, 0.25) is 0 Å². The average molecular weight is 413 g/mol. The Morgan fingerprint density at radius 1 is 1.08 bits per heavy atom. The molecule has 1 heterocycles. The van der Waals surface area contributed by atoms with Gasteiger partial charge in [-0.05, 0) is 36.3 Å². The van der Waals surface area contributed by atoms with Gasteiger partial charge in [-0.3, -0.25) is 0 Å². The van der Waals surface area contributed by atoms with Crippen molar-refractivity contribution in [3.8, 4) is 0 Å². The Kier molecular flexibility index (Phi) is 6.19. The topological polar surface area (TPSA) is 43.1 Å². The molecule has 0 aliphatic carbocycles. The van der Waals surface area contributed by atoms with Crippen LogP contribution < -0.4 is 0 Å². The largest absolute Gasteiger partial charge is 0.212 e. The summed E-state index contributed by atoms with van der Waals surface area (Å²) < 4.78 is 2.84. The first-order valence-corrected chi connectivity index (χ1v) is 9.55. The second-order valence-electron chi connectivity index (χ2n) is 5.29. The van der Waals surface area contributed by atoms with E-state index in [0.717, 1.165) is 26.8 Å². The van der Waals surface area contributed by atoms with E-state index in [2.05, 4.69) is 43.4 Å². The number of rotatable bonds is 6. The van der Waals surface area contributed by atoms with Crippen LogP contribution in [-0.4, -0.2) is 21.1 Å². The number of aryl methyl sites for hydroxylation is 1. The molecule has 0 atom stereocenters. The SMILES string of the molecule is Cc1nnc(SCc2ccc(Br)cc2)n1/N=C/C=C\c1ccccc1. The van der Waals surface area contributed by atoms with Gasteiger partial charge in [0.15, 0.2) is 5.82 Å². The van der Waals surface area contributed by atoms with Crippen molar-refractivity contribution < 1.29 is 0 Å². The van der Waals surface area contributed by atoms with Gasteiger partial charge in [-0.15, -0.1) is 10.2 Å². The highest BCUT2D eigenvalue weighted by molar-refractivity contribution is 9.10. The van der Waals surface area contributed by atoms with Crippen LogP contribution in [0.5, 0.6) is 0 Å². The molecule has 0 aliphatic rings. The lowest BCUT2D eigenvalue weighted by Crippen LogP contribution is -1.95. The maximum atomic E-state index is 4.46. The molecule has 2 aromatic carbocycles. The number of thioether (sulfide) groups is 1. The number of nitrogens with zero attached hydrogens (tertiary/aromatic N) is 4. The first kappa shape index (κ1) is 17.6. The minimum atomic E-state index is 0.766. The van der Waals surface area contributed by atoms with E-state index in [0.29, 0.717) is 0 Å².